The Morgan fingerprint density at radius 2 is 1.70 bits per heavy atom. The maximum Gasteiger partial charge on any atom is 0.408 e. The summed E-state index contributed by atoms with van der Waals surface area (Å²) in [5.41, 5.74) is -1.94. The number of unbranched alkanes of at least 4 members (excludes halogenated alkanes) is 2. The Balaban J connectivity index is 1.32. The second kappa shape index (κ2) is 17.2. The number of pyridine rings is 1. The lowest BCUT2D eigenvalue weighted by atomic mass is 10.0. The van der Waals surface area contributed by atoms with Crippen LogP contribution < -0.4 is 25.6 Å². The Hall–Kier alpha value is -3.99. The molecule has 2 saturated carbocycles. The van der Waals surface area contributed by atoms with Gasteiger partial charge in [0.15, 0.2) is 0 Å². The fourth-order valence-electron chi connectivity index (χ4n) is 6.73. The molecule has 300 valence electrons. The summed E-state index contributed by atoms with van der Waals surface area (Å²) in [6.45, 7) is 11.9. The minimum Gasteiger partial charge on any atom is -0.444 e. The number of anilines is 1. The van der Waals surface area contributed by atoms with E-state index in [1.165, 1.54) is 11.1 Å². The lowest BCUT2D eigenvalue weighted by Crippen LogP contribution is -2.57. The van der Waals surface area contributed by atoms with Gasteiger partial charge in [0.25, 0.3) is 11.8 Å². The predicted molar refractivity (Wildman–Crippen MR) is 200 cm³/mol. The number of carbonyl (C=O) groups is 5. The van der Waals surface area contributed by atoms with Crippen molar-refractivity contribution in [2.24, 2.45) is 5.92 Å². The van der Waals surface area contributed by atoms with Crippen LogP contribution in [0.25, 0.3) is 0 Å². The van der Waals surface area contributed by atoms with E-state index in [9.17, 15) is 32.4 Å². The number of sulfonamides is 1. The summed E-state index contributed by atoms with van der Waals surface area (Å²) in [7, 11) is -3.85. The largest absolute Gasteiger partial charge is 0.444 e. The van der Waals surface area contributed by atoms with Crippen molar-refractivity contribution >= 4 is 45.6 Å². The van der Waals surface area contributed by atoms with Crippen molar-refractivity contribution in [3.8, 4) is 0 Å². The summed E-state index contributed by atoms with van der Waals surface area (Å²) in [5, 5.41) is 7.78. The summed E-state index contributed by atoms with van der Waals surface area (Å²) in [6, 6.07) is 0.615. The number of nitrogens with one attached hydrogen (secondary N) is 4. The molecule has 0 unspecified atom stereocenters. The van der Waals surface area contributed by atoms with Crippen molar-refractivity contribution in [1.29, 1.82) is 0 Å². The molecule has 3 heterocycles. The van der Waals surface area contributed by atoms with E-state index < -0.39 is 74.3 Å². The normalized spacial score (nSPS) is 21.6. The lowest BCUT2D eigenvalue weighted by Gasteiger charge is -2.30. The number of alkyl carbamates (subject to hydrolysis) is 1. The van der Waals surface area contributed by atoms with Gasteiger partial charge in [-0.1, -0.05) is 39.5 Å². The first-order chi connectivity index (χ1) is 25.5. The molecule has 1 aromatic heterocycles. The summed E-state index contributed by atoms with van der Waals surface area (Å²) in [4.78, 5) is 75.9. The summed E-state index contributed by atoms with van der Waals surface area (Å²) in [6.07, 6.45) is 5.88. The van der Waals surface area contributed by atoms with Crippen LogP contribution in [0.5, 0.6) is 0 Å². The number of rotatable bonds is 16. The Morgan fingerprint density at radius 3 is 2.30 bits per heavy atom. The number of amides is 5. The molecule has 4 N–H and O–H groups in total. The standard InChI is InChI=1S/C37H57N7O9S/c1-24(2)9-7-6-8-10-28(40-35(49)53-36(3,4)5)33(47)44-23-26(39-31(45)25-11-14-30(38-22-25)43-17-19-52-20-18-43)21-29(44)32(46)41-37(15-16-37)34(48)42-54(50,51)27-12-13-27/h11,14,22,24,26-29H,6-10,12-13,15-21,23H2,1-5H3,(H,39,45)(H,40,49)(H,41,46)(H,42,48)/t26-,28+,29+/m1/s1. The molecule has 0 radical (unpaired) electrons. The lowest BCUT2D eigenvalue weighted by molar-refractivity contribution is -0.141. The fourth-order valence-corrected chi connectivity index (χ4v) is 8.11. The number of hydrogen-bond acceptors (Lipinski definition) is 11. The van der Waals surface area contributed by atoms with E-state index in [4.69, 9.17) is 9.47 Å². The first-order valence-corrected chi connectivity index (χ1v) is 20.8. The zero-order valence-electron chi connectivity index (χ0n) is 32.1. The van der Waals surface area contributed by atoms with Crippen LogP contribution in [0.1, 0.15) is 109 Å². The third-order valence-electron chi connectivity index (χ3n) is 10.1. The molecule has 2 saturated heterocycles. The Bertz CT molecular complexity index is 1630. The summed E-state index contributed by atoms with van der Waals surface area (Å²) < 4.78 is 38.1. The number of hydrogen-bond donors (Lipinski definition) is 4. The second-order valence-electron chi connectivity index (χ2n) is 16.4. The molecule has 3 atom stereocenters. The number of ether oxygens (including phenoxy) is 2. The van der Waals surface area contributed by atoms with Crippen LogP contribution in [0.4, 0.5) is 10.6 Å². The Labute approximate surface area is 318 Å². The highest BCUT2D eigenvalue weighted by Gasteiger charge is 2.55. The van der Waals surface area contributed by atoms with E-state index in [1.807, 2.05) is 0 Å². The van der Waals surface area contributed by atoms with Gasteiger partial charge in [0.1, 0.15) is 29.0 Å². The molecule has 16 nitrogen and oxygen atoms in total. The third kappa shape index (κ3) is 11.3. The van der Waals surface area contributed by atoms with Crippen molar-refractivity contribution in [2.45, 2.75) is 133 Å². The molecule has 4 fully saturated rings. The SMILES string of the molecule is CC(C)CCCCC[C@H](NC(=O)OC(C)(C)C)C(=O)N1C[C@H](NC(=O)c2ccc(N3CCOCC3)nc2)C[C@H]1C(=O)NC1(C(=O)NS(=O)(=O)C2CC2)CC1. The van der Waals surface area contributed by atoms with E-state index in [2.05, 4.69) is 44.4 Å². The zero-order valence-corrected chi connectivity index (χ0v) is 33.0. The highest BCUT2D eigenvalue weighted by atomic mass is 32.2. The molecular formula is C37H57N7O9S. The number of aromatic nitrogens is 1. The van der Waals surface area contributed by atoms with Crippen LogP contribution in [0.3, 0.4) is 0 Å². The Kier molecular flexibility index (Phi) is 13.1. The molecule has 17 heteroatoms. The zero-order chi connectivity index (χ0) is 39.3. The van der Waals surface area contributed by atoms with Crippen LogP contribution in [0, 0.1) is 5.92 Å². The molecule has 1 aromatic rings. The maximum absolute atomic E-state index is 14.4. The minimum atomic E-state index is -3.85. The van der Waals surface area contributed by atoms with Gasteiger partial charge in [-0.15, -0.1) is 0 Å². The van der Waals surface area contributed by atoms with Gasteiger partial charge in [-0.25, -0.2) is 18.2 Å². The van der Waals surface area contributed by atoms with Gasteiger partial charge in [-0.05, 0) is 77.3 Å². The molecule has 0 aromatic carbocycles. The molecule has 4 aliphatic rings. The highest BCUT2D eigenvalue weighted by molar-refractivity contribution is 7.91. The molecule has 2 aliphatic heterocycles. The number of likely N-dealkylation sites (tertiary alicyclic amines) is 1. The summed E-state index contributed by atoms with van der Waals surface area (Å²) >= 11 is 0. The predicted octanol–water partition coefficient (Wildman–Crippen LogP) is 2.37. The van der Waals surface area contributed by atoms with Crippen LogP contribution in [0.2, 0.25) is 0 Å². The van der Waals surface area contributed by atoms with E-state index in [0.717, 1.165) is 25.1 Å². The van der Waals surface area contributed by atoms with Gasteiger partial charge in [0.05, 0.1) is 24.0 Å². The van der Waals surface area contributed by atoms with Crippen LogP contribution in [-0.2, 0) is 33.9 Å². The smallest absolute Gasteiger partial charge is 0.408 e. The van der Waals surface area contributed by atoms with Gasteiger partial charge >= 0.3 is 6.09 Å². The van der Waals surface area contributed by atoms with Crippen molar-refractivity contribution in [3.63, 3.8) is 0 Å². The molecule has 0 spiro atoms. The molecule has 5 amide bonds. The second-order valence-corrected chi connectivity index (χ2v) is 18.4. The quantitative estimate of drug-likeness (QED) is 0.180. The van der Waals surface area contributed by atoms with E-state index >= 15 is 0 Å². The van der Waals surface area contributed by atoms with Crippen molar-refractivity contribution in [3.05, 3.63) is 23.9 Å². The van der Waals surface area contributed by atoms with Gasteiger partial charge in [-0.2, -0.15) is 0 Å². The summed E-state index contributed by atoms with van der Waals surface area (Å²) in [5.74, 6) is -1.17. The first kappa shape index (κ1) is 41.2. The monoisotopic (exact) mass is 775 g/mol. The van der Waals surface area contributed by atoms with E-state index in [-0.39, 0.29) is 25.8 Å². The van der Waals surface area contributed by atoms with Gasteiger partial charge in [0, 0.05) is 31.9 Å². The highest BCUT2D eigenvalue weighted by Crippen LogP contribution is 2.37. The molecule has 2 aliphatic carbocycles. The molecule has 0 bridgehead atoms. The molecule has 5 rings (SSSR count). The average Bonchev–Trinajstić information content (AvgIpc) is 4.05. The van der Waals surface area contributed by atoms with Crippen LogP contribution in [0.15, 0.2) is 18.3 Å². The maximum atomic E-state index is 14.4. The van der Waals surface area contributed by atoms with Gasteiger partial charge < -0.3 is 35.2 Å². The van der Waals surface area contributed by atoms with Crippen molar-refractivity contribution < 1.29 is 41.9 Å². The van der Waals surface area contributed by atoms with Crippen LogP contribution >= 0.6 is 0 Å². The van der Waals surface area contributed by atoms with Crippen molar-refractivity contribution in [2.75, 3.05) is 37.7 Å². The topological polar surface area (TPSA) is 205 Å². The number of morpholine rings is 1. The number of nitrogens with zero attached hydrogens (tertiary/aromatic N) is 3. The minimum absolute atomic E-state index is 0.0220. The van der Waals surface area contributed by atoms with Crippen LogP contribution in [-0.4, -0.2) is 115 Å². The Morgan fingerprint density at radius 1 is 1.02 bits per heavy atom. The van der Waals surface area contributed by atoms with Gasteiger partial charge in [-0.3, -0.25) is 23.9 Å². The van der Waals surface area contributed by atoms with E-state index in [0.29, 0.717) is 63.5 Å². The molecule has 54 heavy (non-hydrogen) atoms. The van der Waals surface area contributed by atoms with E-state index in [1.54, 1.807) is 32.9 Å². The first-order valence-electron chi connectivity index (χ1n) is 19.2. The average molecular weight is 776 g/mol. The van der Waals surface area contributed by atoms with Gasteiger partial charge in [0.2, 0.25) is 21.8 Å². The third-order valence-corrected chi connectivity index (χ3v) is 11.9. The fraction of sp³-hybridized carbons (Fsp3) is 0.730. The van der Waals surface area contributed by atoms with Crippen molar-refractivity contribution in [1.82, 2.24) is 30.6 Å². The molecular weight excluding hydrogens is 719 g/mol. The number of carbonyl (C=O) groups excluding carboxylic acids is 5.